The molecule has 7 heteroatoms. The standard InChI is InChI=1S/C22H28N2O4S/c1-7-16(22(26)27-12(3)4)24-17-11-15(20-13(5)29-14(6)23-20)9-10-19(17)28-18(8-2)21(24)25/h9-12,16,18H,7-8H2,1-6H3. The van der Waals surface area contributed by atoms with E-state index in [0.29, 0.717) is 24.3 Å². The molecule has 2 heterocycles. The summed E-state index contributed by atoms with van der Waals surface area (Å²) in [6.45, 7) is 11.4. The quantitative estimate of drug-likeness (QED) is 0.641. The van der Waals surface area contributed by atoms with Gasteiger partial charge in [0.15, 0.2) is 6.10 Å². The molecule has 156 valence electrons. The second kappa shape index (κ2) is 8.53. The Bertz CT molecular complexity index is 922. The van der Waals surface area contributed by atoms with Gasteiger partial charge in [0.25, 0.3) is 5.91 Å². The Kier molecular flexibility index (Phi) is 6.27. The molecule has 0 fully saturated rings. The number of ether oxygens (including phenoxy) is 2. The van der Waals surface area contributed by atoms with Crippen LogP contribution in [-0.2, 0) is 14.3 Å². The van der Waals surface area contributed by atoms with Crippen molar-refractivity contribution in [1.29, 1.82) is 0 Å². The lowest BCUT2D eigenvalue weighted by atomic mass is 10.0. The number of esters is 1. The van der Waals surface area contributed by atoms with Crippen molar-refractivity contribution >= 4 is 28.9 Å². The minimum Gasteiger partial charge on any atom is -0.478 e. The lowest BCUT2D eigenvalue weighted by Crippen LogP contribution is -2.53. The number of aromatic nitrogens is 1. The summed E-state index contributed by atoms with van der Waals surface area (Å²) in [5.41, 5.74) is 2.38. The molecular formula is C22H28N2O4S. The highest BCUT2D eigenvalue weighted by Gasteiger charge is 2.40. The molecule has 3 rings (SSSR count). The molecule has 1 aromatic heterocycles. The van der Waals surface area contributed by atoms with E-state index in [-0.39, 0.29) is 12.0 Å². The fraction of sp³-hybridized carbons (Fsp3) is 0.500. The van der Waals surface area contributed by atoms with E-state index < -0.39 is 18.1 Å². The second-order valence-corrected chi connectivity index (χ2v) is 8.86. The minimum atomic E-state index is -0.699. The van der Waals surface area contributed by atoms with Crippen LogP contribution in [0.15, 0.2) is 18.2 Å². The van der Waals surface area contributed by atoms with E-state index in [9.17, 15) is 9.59 Å². The molecule has 0 N–H and O–H groups in total. The van der Waals surface area contributed by atoms with E-state index in [0.717, 1.165) is 21.1 Å². The fourth-order valence-corrected chi connectivity index (χ4v) is 4.41. The van der Waals surface area contributed by atoms with Crippen molar-refractivity contribution in [3.05, 3.63) is 28.1 Å². The van der Waals surface area contributed by atoms with Crippen molar-refractivity contribution in [3.8, 4) is 17.0 Å². The third-order valence-corrected chi connectivity index (χ3v) is 5.76. The van der Waals surface area contributed by atoms with Crippen LogP contribution in [0.4, 0.5) is 5.69 Å². The summed E-state index contributed by atoms with van der Waals surface area (Å²) >= 11 is 1.63. The summed E-state index contributed by atoms with van der Waals surface area (Å²) < 4.78 is 11.4. The Labute approximate surface area is 175 Å². The molecule has 29 heavy (non-hydrogen) atoms. The van der Waals surface area contributed by atoms with Gasteiger partial charge in [-0.25, -0.2) is 9.78 Å². The Morgan fingerprint density at radius 2 is 2.03 bits per heavy atom. The van der Waals surface area contributed by atoms with Crippen LogP contribution in [-0.4, -0.2) is 35.1 Å². The predicted octanol–water partition coefficient (Wildman–Crippen LogP) is 4.66. The van der Waals surface area contributed by atoms with Crippen LogP contribution in [0.25, 0.3) is 11.3 Å². The summed E-state index contributed by atoms with van der Waals surface area (Å²) in [7, 11) is 0. The van der Waals surface area contributed by atoms with Gasteiger partial charge in [0, 0.05) is 10.4 Å². The number of hydrogen-bond donors (Lipinski definition) is 0. The zero-order chi connectivity index (χ0) is 21.3. The molecule has 2 aromatic rings. The number of amides is 1. The van der Waals surface area contributed by atoms with Crippen LogP contribution < -0.4 is 9.64 Å². The zero-order valence-electron chi connectivity index (χ0n) is 17.8. The summed E-state index contributed by atoms with van der Waals surface area (Å²) in [6, 6.07) is 5.01. The summed E-state index contributed by atoms with van der Waals surface area (Å²) in [6.07, 6.45) is 0.113. The highest BCUT2D eigenvalue weighted by Crippen LogP contribution is 2.40. The molecule has 0 bridgehead atoms. The number of hydrogen-bond acceptors (Lipinski definition) is 6. The van der Waals surface area contributed by atoms with Crippen LogP contribution in [0.2, 0.25) is 0 Å². The molecule has 1 amide bonds. The number of thiazole rings is 1. The fourth-order valence-electron chi connectivity index (χ4n) is 3.57. The number of carbonyl (C=O) groups excluding carboxylic acids is 2. The summed E-state index contributed by atoms with van der Waals surface area (Å²) in [4.78, 5) is 33.3. The average molecular weight is 417 g/mol. The van der Waals surface area contributed by atoms with Crippen molar-refractivity contribution < 1.29 is 19.1 Å². The van der Waals surface area contributed by atoms with Gasteiger partial charge in [-0.2, -0.15) is 0 Å². The number of rotatable bonds is 6. The normalized spacial score (nSPS) is 17.1. The molecule has 0 aliphatic carbocycles. The van der Waals surface area contributed by atoms with Crippen LogP contribution in [0.5, 0.6) is 5.75 Å². The van der Waals surface area contributed by atoms with Crippen molar-refractivity contribution in [2.24, 2.45) is 0 Å². The van der Waals surface area contributed by atoms with E-state index >= 15 is 0 Å². The van der Waals surface area contributed by atoms with Gasteiger partial charge in [-0.05, 0) is 58.7 Å². The smallest absolute Gasteiger partial charge is 0.329 e. The van der Waals surface area contributed by atoms with E-state index in [2.05, 4.69) is 4.98 Å². The number of anilines is 1. The first-order valence-electron chi connectivity index (χ1n) is 10.0. The van der Waals surface area contributed by atoms with Crippen LogP contribution in [0, 0.1) is 13.8 Å². The van der Waals surface area contributed by atoms with Gasteiger partial charge >= 0.3 is 5.97 Å². The molecular weight excluding hydrogens is 388 g/mol. The average Bonchev–Trinajstić information content (AvgIpc) is 3.00. The van der Waals surface area contributed by atoms with E-state index in [1.807, 2.05) is 45.9 Å². The van der Waals surface area contributed by atoms with Crippen molar-refractivity contribution in [2.45, 2.75) is 72.6 Å². The van der Waals surface area contributed by atoms with E-state index in [4.69, 9.17) is 9.47 Å². The molecule has 1 aliphatic rings. The lowest BCUT2D eigenvalue weighted by Gasteiger charge is -2.38. The molecule has 6 nitrogen and oxygen atoms in total. The molecule has 1 aromatic carbocycles. The van der Waals surface area contributed by atoms with Gasteiger partial charge in [-0.15, -0.1) is 11.3 Å². The SMILES string of the molecule is CCC1Oc2ccc(-c3nc(C)sc3C)cc2N(C(CC)C(=O)OC(C)C)C1=O. The first-order chi connectivity index (χ1) is 13.8. The van der Waals surface area contributed by atoms with Crippen LogP contribution in [0.3, 0.4) is 0 Å². The molecule has 0 saturated carbocycles. The van der Waals surface area contributed by atoms with Gasteiger partial charge in [0.2, 0.25) is 0 Å². The molecule has 0 spiro atoms. The third-order valence-electron chi connectivity index (χ3n) is 4.87. The molecule has 0 saturated heterocycles. The Morgan fingerprint density at radius 3 is 2.59 bits per heavy atom. The Hall–Kier alpha value is -2.41. The number of aryl methyl sites for hydroxylation is 2. The highest BCUT2D eigenvalue weighted by molar-refractivity contribution is 7.11. The minimum absolute atomic E-state index is 0.212. The maximum Gasteiger partial charge on any atom is 0.329 e. The van der Waals surface area contributed by atoms with E-state index in [1.54, 1.807) is 30.1 Å². The van der Waals surface area contributed by atoms with Gasteiger partial charge in [0.1, 0.15) is 11.8 Å². The summed E-state index contributed by atoms with van der Waals surface area (Å²) in [5, 5.41) is 0.984. The number of nitrogens with zero attached hydrogens (tertiary/aromatic N) is 2. The first-order valence-corrected chi connectivity index (χ1v) is 10.9. The molecule has 1 aliphatic heterocycles. The summed E-state index contributed by atoms with van der Waals surface area (Å²) in [5.74, 6) is -0.0128. The van der Waals surface area contributed by atoms with Crippen LogP contribution in [0.1, 0.15) is 50.4 Å². The Morgan fingerprint density at radius 1 is 1.31 bits per heavy atom. The maximum absolute atomic E-state index is 13.2. The van der Waals surface area contributed by atoms with E-state index in [1.165, 1.54) is 0 Å². The maximum atomic E-state index is 13.2. The van der Waals surface area contributed by atoms with Crippen LogP contribution >= 0.6 is 11.3 Å². The number of fused-ring (bicyclic) bond motifs is 1. The third kappa shape index (κ3) is 4.15. The molecule has 2 unspecified atom stereocenters. The zero-order valence-corrected chi connectivity index (χ0v) is 18.6. The topological polar surface area (TPSA) is 68.7 Å². The Balaban J connectivity index is 2.10. The highest BCUT2D eigenvalue weighted by atomic mass is 32.1. The number of benzene rings is 1. The van der Waals surface area contributed by atoms with Gasteiger partial charge in [-0.3, -0.25) is 9.69 Å². The molecule has 2 atom stereocenters. The second-order valence-electron chi connectivity index (χ2n) is 7.45. The van der Waals surface area contributed by atoms with Crippen molar-refractivity contribution in [2.75, 3.05) is 4.90 Å². The van der Waals surface area contributed by atoms with Gasteiger partial charge in [0.05, 0.1) is 22.5 Å². The lowest BCUT2D eigenvalue weighted by molar-refractivity contribution is -0.150. The monoisotopic (exact) mass is 416 g/mol. The predicted molar refractivity (Wildman–Crippen MR) is 115 cm³/mol. The van der Waals surface area contributed by atoms with Crippen molar-refractivity contribution in [1.82, 2.24) is 4.98 Å². The first kappa shape index (κ1) is 21.3. The molecule has 0 radical (unpaired) electrons. The number of carbonyl (C=O) groups is 2. The van der Waals surface area contributed by atoms with Crippen molar-refractivity contribution in [3.63, 3.8) is 0 Å². The van der Waals surface area contributed by atoms with Gasteiger partial charge < -0.3 is 9.47 Å². The van der Waals surface area contributed by atoms with Gasteiger partial charge in [-0.1, -0.05) is 13.8 Å². The largest absolute Gasteiger partial charge is 0.478 e.